The molecule has 0 radical (unpaired) electrons. The Bertz CT molecular complexity index is 1900. The number of nitriles is 1. The van der Waals surface area contributed by atoms with Crippen molar-refractivity contribution >= 4 is 46.6 Å². The summed E-state index contributed by atoms with van der Waals surface area (Å²) in [5, 5.41) is 21.9. The van der Waals surface area contributed by atoms with Gasteiger partial charge in [0.15, 0.2) is 0 Å². The van der Waals surface area contributed by atoms with E-state index in [2.05, 4.69) is 55.0 Å². The number of anilines is 2. The van der Waals surface area contributed by atoms with E-state index in [0.717, 1.165) is 49.3 Å². The molecule has 1 aliphatic carbocycles. The number of nitrogens with one attached hydrogen (secondary N) is 4. The fraction of sp³-hybridized carbons (Fsp3) is 0.425. The number of fused-ring (bicyclic) bond motifs is 1. The summed E-state index contributed by atoms with van der Waals surface area (Å²) in [5.41, 5.74) is 3.59. The molecule has 4 amide bonds. The fourth-order valence-corrected chi connectivity index (χ4v) is 8.32. The Hall–Kier alpha value is -5.08. The van der Waals surface area contributed by atoms with E-state index in [9.17, 15) is 19.2 Å². The third-order valence-electron chi connectivity index (χ3n) is 10.6. The molecule has 2 aliphatic heterocycles. The molecule has 1 saturated carbocycles. The van der Waals surface area contributed by atoms with Gasteiger partial charge in [-0.2, -0.15) is 5.26 Å². The van der Waals surface area contributed by atoms with E-state index in [0.29, 0.717) is 40.4 Å². The minimum absolute atomic E-state index is 0.126. The van der Waals surface area contributed by atoms with Crippen molar-refractivity contribution in [2.75, 3.05) is 23.7 Å². The highest BCUT2D eigenvalue weighted by molar-refractivity contribution is 6.31. The number of carbonyl (C=O) groups excluding carboxylic acids is 4. The molecular weight excluding hydrogens is 680 g/mol. The van der Waals surface area contributed by atoms with Crippen LogP contribution >= 0.6 is 11.6 Å². The van der Waals surface area contributed by atoms with E-state index >= 15 is 0 Å². The molecule has 2 fully saturated rings. The summed E-state index contributed by atoms with van der Waals surface area (Å²) in [7, 11) is 0. The van der Waals surface area contributed by atoms with Crippen LogP contribution < -0.4 is 26.0 Å². The van der Waals surface area contributed by atoms with Gasteiger partial charge in [-0.15, -0.1) is 0 Å². The number of rotatable bonds is 13. The van der Waals surface area contributed by atoms with Crippen molar-refractivity contribution in [3.63, 3.8) is 0 Å². The van der Waals surface area contributed by atoms with Crippen LogP contribution in [0.3, 0.4) is 0 Å². The number of piperidine rings is 1. The van der Waals surface area contributed by atoms with Crippen molar-refractivity contribution in [2.45, 2.75) is 84.5 Å². The van der Waals surface area contributed by atoms with Gasteiger partial charge in [-0.1, -0.05) is 45.4 Å². The first-order valence-electron chi connectivity index (χ1n) is 17.8. The molecule has 2 heterocycles. The van der Waals surface area contributed by atoms with Crippen LogP contribution in [0.5, 0.6) is 5.75 Å². The van der Waals surface area contributed by atoms with Crippen molar-refractivity contribution in [1.82, 2.24) is 15.5 Å². The predicted molar refractivity (Wildman–Crippen MR) is 199 cm³/mol. The molecule has 1 unspecified atom stereocenters. The maximum absolute atomic E-state index is 13.3. The average molecular weight is 725 g/mol. The van der Waals surface area contributed by atoms with E-state index < -0.39 is 11.9 Å². The summed E-state index contributed by atoms with van der Waals surface area (Å²) in [4.78, 5) is 51.7. The topological polar surface area (TPSA) is 153 Å². The first kappa shape index (κ1) is 36.7. The normalized spacial score (nSPS) is 21.3. The van der Waals surface area contributed by atoms with Gasteiger partial charge in [-0.3, -0.25) is 24.5 Å². The number of carbonyl (C=O) groups is 4. The average Bonchev–Trinajstić information content (AvgIpc) is 3.44. The Morgan fingerprint density at radius 3 is 2.27 bits per heavy atom. The molecule has 12 heteroatoms. The number of nitrogens with zero attached hydrogens (tertiary/aromatic N) is 2. The smallest absolute Gasteiger partial charge is 0.255 e. The maximum Gasteiger partial charge on any atom is 0.255 e. The first-order valence-corrected chi connectivity index (χ1v) is 18.2. The van der Waals surface area contributed by atoms with E-state index in [4.69, 9.17) is 21.6 Å². The van der Waals surface area contributed by atoms with Crippen LogP contribution in [0.2, 0.25) is 5.02 Å². The lowest BCUT2D eigenvalue weighted by Gasteiger charge is -2.63. The molecular formula is C40H45ClN6O5. The van der Waals surface area contributed by atoms with E-state index in [1.807, 2.05) is 42.5 Å². The Morgan fingerprint density at radius 1 is 0.942 bits per heavy atom. The van der Waals surface area contributed by atoms with Crippen LogP contribution in [-0.4, -0.2) is 59.8 Å². The van der Waals surface area contributed by atoms with E-state index in [1.54, 1.807) is 23.1 Å². The van der Waals surface area contributed by atoms with Gasteiger partial charge in [-0.25, -0.2) is 0 Å². The molecule has 4 N–H and O–H groups in total. The van der Waals surface area contributed by atoms with Crippen molar-refractivity contribution in [1.29, 1.82) is 5.26 Å². The van der Waals surface area contributed by atoms with Gasteiger partial charge >= 0.3 is 0 Å². The lowest BCUT2D eigenvalue weighted by molar-refractivity contribution is -0.164. The summed E-state index contributed by atoms with van der Waals surface area (Å²) >= 11 is 6.22. The summed E-state index contributed by atoms with van der Waals surface area (Å²) in [6.45, 7) is 10.3. The minimum atomic E-state index is -0.614. The molecule has 272 valence electrons. The van der Waals surface area contributed by atoms with Crippen LogP contribution in [0.25, 0.3) is 0 Å². The van der Waals surface area contributed by atoms with Crippen molar-refractivity contribution in [3.8, 4) is 11.8 Å². The monoisotopic (exact) mass is 724 g/mol. The van der Waals surface area contributed by atoms with Crippen LogP contribution in [0, 0.1) is 22.2 Å². The lowest BCUT2D eigenvalue weighted by Crippen LogP contribution is -2.74. The Morgan fingerprint density at radius 2 is 1.62 bits per heavy atom. The second-order valence-corrected chi connectivity index (χ2v) is 15.5. The number of halogens is 1. The molecule has 1 atom stereocenters. The molecule has 3 aromatic carbocycles. The van der Waals surface area contributed by atoms with Crippen LogP contribution in [0.15, 0.2) is 60.7 Å². The maximum atomic E-state index is 13.3. The van der Waals surface area contributed by atoms with Gasteiger partial charge in [0.1, 0.15) is 24.0 Å². The molecule has 6 rings (SSSR count). The number of benzene rings is 3. The lowest BCUT2D eigenvalue weighted by atomic mass is 9.49. The number of imide groups is 1. The number of unbranched alkanes of at least 4 members (excludes halogenated alkanes) is 2. The highest BCUT2D eigenvalue weighted by Gasteiger charge is 2.64. The zero-order valence-corrected chi connectivity index (χ0v) is 30.7. The summed E-state index contributed by atoms with van der Waals surface area (Å²) in [6, 6.07) is 19.6. The summed E-state index contributed by atoms with van der Waals surface area (Å²) < 4.78 is 6.34. The zero-order valence-electron chi connectivity index (χ0n) is 30.0. The van der Waals surface area contributed by atoms with Gasteiger partial charge in [0, 0.05) is 71.5 Å². The van der Waals surface area contributed by atoms with Crippen molar-refractivity contribution < 1.29 is 23.9 Å². The fourth-order valence-electron chi connectivity index (χ4n) is 8.11. The Labute approximate surface area is 309 Å². The molecule has 52 heavy (non-hydrogen) atoms. The molecule has 0 spiro atoms. The van der Waals surface area contributed by atoms with E-state index in [-0.39, 0.29) is 47.1 Å². The molecule has 3 aromatic rings. The molecule has 1 saturated heterocycles. The van der Waals surface area contributed by atoms with Crippen LogP contribution in [-0.2, 0) is 16.1 Å². The zero-order chi connectivity index (χ0) is 37.2. The highest BCUT2D eigenvalue weighted by atomic mass is 35.5. The first-order chi connectivity index (χ1) is 24.8. The number of hydrogen-bond acceptors (Lipinski definition) is 8. The van der Waals surface area contributed by atoms with Gasteiger partial charge in [0.25, 0.3) is 11.8 Å². The molecule has 0 bridgehead atoms. The second-order valence-electron chi connectivity index (χ2n) is 15.1. The minimum Gasteiger partial charge on any atom is -0.489 e. The quantitative estimate of drug-likeness (QED) is 0.119. The summed E-state index contributed by atoms with van der Waals surface area (Å²) in [5.74, 6) is -0.414. The third-order valence-corrected chi connectivity index (χ3v) is 10.9. The summed E-state index contributed by atoms with van der Waals surface area (Å²) in [6.07, 6.45) is 3.33. The van der Waals surface area contributed by atoms with Gasteiger partial charge < -0.3 is 25.6 Å². The SMILES string of the molecule is CC1(C)[C@H](NC(=O)c2ccc(NCCCCCNc3ccc4c(c3)C(=O)N(C3CCC(=O)NC3=O)C4)cc2)C(C)(C)[C@H]1Oc1ccc(C#N)c(Cl)c1. The number of hydrogen-bond donors (Lipinski definition) is 4. The standard InChI is InChI=1S/C40H45ClN6O5/c1-39(2)37(40(3,4)38(39)52-29-15-11-25(22-42)31(41)21-29)46-34(49)24-8-12-27(13-9-24)43-18-6-5-7-19-44-28-14-10-26-23-47(36(51)30(26)20-28)32-16-17-33(48)45-35(32)50/h8-15,20-21,32,37-38,43-44H,5-7,16-19,23H2,1-4H3,(H,46,49)(H,45,48,50)/t32?,37-,38-. The van der Waals surface area contributed by atoms with Crippen LogP contribution in [0.4, 0.5) is 11.4 Å². The van der Waals surface area contributed by atoms with Gasteiger partial charge in [0.05, 0.1) is 10.6 Å². The number of ether oxygens (including phenoxy) is 1. The second kappa shape index (κ2) is 14.9. The highest BCUT2D eigenvalue weighted by Crippen LogP contribution is 2.55. The van der Waals surface area contributed by atoms with Crippen molar-refractivity contribution in [2.24, 2.45) is 10.8 Å². The largest absolute Gasteiger partial charge is 0.489 e. The predicted octanol–water partition coefficient (Wildman–Crippen LogP) is 6.28. The Kier molecular flexibility index (Phi) is 10.5. The van der Waals surface area contributed by atoms with E-state index in [1.165, 1.54) is 0 Å². The van der Waals surface area contributed by atoms with Gasteiger partial charge in [-0.05, 0) is 79.8 Å². The number of amides is 4. The third kappa shape index (κ3) is 7.44. The molecule has 0 aromatic heterocycles. The van der Waals surface area contributed by atoms with Crippen molar-refractivity contribution in [3.05, 3.63) is 87.9 Å². The van der Waals surface area contributed by atoms with Crippen LogP contribution in [0.1, 0.15) is 91.6 Å². The molecule has 3 aliphatic rings. The Balaban J connectivity index is 0.900. The molecule has 11 nitrogen and oxygen atoms in total. The van der Waals surface area contributed by atoms with Gasteiger partial charge in [0.2, 0.25) is 11.8 Å².